The Bertz CT molecular complexity index is 1290. The molecule has 32 heavy (non-hydrogen) atoms. The summed E-state index contributed by atoms with van der Waals surface area (Å²) in [5, 5.41) is 2.10. The molecule has 0 aliphatic heterocycles. The van der Waals surface area contributed by atoms with Crippen molar-refractivity contribution in [2.45, 2.75) is 0 Å². The predicted octanol–water partition coefficient (Wildman–Crippen LogP) is 4.75. The molecule has 0 spiro atoms. The van der Waals surface area contributed by atoms with E-state index < -0.39 is 8.41 Å². The number of rotatable bonds is 5. The van der Waals surface area contributed by atoms with Crippen LogP contribution in [0, 0.1) is 0 Å². The van der Waals surface area contributed by atoms with Crippen LogP contribution in [0.4, 0.5) is 4.11 Å². The molecule has 4 heteroatoms. The van der Waals surface area contributed by atoms with Gasteiger partial charge in [0.05, 0.1) is 11.4 Å². The van der Waals surface area contributed by atoms with Gasteiger partial charge >= 0.3 is 8.41 Å². The van der Waals surface area contributed by atoms with E-state index in [0.29, 0.717) is 21.3 Å². The highest BCUT2D eigenvalue weighted by Crippen LogP contribution is 2.28. The van der Waals surface area contributed by atoms with Crippen molar-refractivity contribution in [1.82, 2.24) is 9.97 Å². The van der Waals surface area contributed by atoms with Crippen LogP contribution in [0.3, 0.4) is 0 Å². The zero-order chi connectivity index (χ0) is 21.8. The van der Waals surface area contributed by atoms with Crippen LogP contribution in [-0.2, 0) is 0 Å². The summed E-state index contributed by atoms with van der Waals surface area (Å²) in [6, 6.07) is 36.7. The number of benzene rings is 4. The first-order valence-corrected chi connectivity index (χ1v) is 12.4. The van der Waals surface area contributed by atoms with Gasteiger partial charge < -0.3 is 0 Å². The Hall–Kier alpha value is -3.89. The summed E-state index contributed by atoms with van der Waals surface area (Å²) in [5.41, 5.74) is 3.17. The topological polar surface area (TPSA) is 25.8 Å². The van der Waals surface area contributed by atoms with Crippen LogP contribution in [0.1, 0.15) is 0 Å². The van der Waals surface area contributed by atoms with Gasteiger partial charge in [0.15, 0.2) is 0 Å². The third-order valence-corrected chi connectivity index (χ3v) is 9.08. The lowest BCUT2D eigenvalue weighted by molar-refractivity contribution is 0.842. The predicted molar refractivity (Wildman–Crippen MR) is 132 cm³/mol. The molecule has 0 atom stereocenters. The molecule has 0 unspecified atom stereocenters. The highest BCUT2D eigenvalue weighted by Gasteiger charge is 2.43. The molecule has 0 N–H and O–H groups in total. The van der Waals surface area contributed by atoms with Crippen molar-refractivity contribution in [1.29, 1.82) is 0 Å². The summed E-state index contributed by atoms with van der Waals surface area (Å²) in [6.07, 6.45) is 3.36. The molecule has 2 nitrogen and oxygen atoms in total. The van der Waals surface area contributed by atoms with Crippen LogP contribution in [0.25, 0.3) is 22.5 Å². The van der Waals surface area contributed by atoms with E-state index in [1.807, 2.05) is 115 Å². The molecule has 0 aliphatic carbocycles. The minimum absolute atomic E-state index is 0.676. The van der Waals surface area contributed by atoms with Crippen molar-refractivity contribution < 1.29 is 4.11 Å². The molecule has 5 rings (SSSR count). The number of hydrogen-bond acceptors (Lipinski definition) is 2. The monoisotopic (exact) mass is 432 g/mol. The van der Waals surface area contributed by atoms with Crippen LogP contribution in [0.5, 0.6) is 0 Å². The summed E-state index contributed by atoms with van der Waals surface area (Å²) < 4.78 is 17.6. The van der Waals surface area contributed by atoms with E-state index in [-0.39, 0.29) is 0 Å². The van der Waals surface area contributed by atoms with Crippen molar-refractivity contribution in [2.24, 2.45) is 0 Å². The van der Waals surface area contributed by atoms with Gasteiger partial charge in [-0.15, -0.1) is 0 Å². The standard InChI is InChI=1S/C28H21FN2Si/c29-32(23-14-6-2-7-15-23,24-16-8-3-9-17-24)26-19-11-10-18-25(26)28-27(30-20-21-31-28)22-12-4-1-5-13-22/h1-21H. The van der Waals surface area contributed by atoms with E-state index in [1.165, 1.54) is 0 Å². The number of halogens is 1. The van der Waals surface area contributed by atoms with E-state index in [0.717, 1.165) is 16.8 Å². The van der Waals surface area contributed by atoms with E-state index in [1.54, 1.807) is 12.4 Å². The van der Waals surface area contributed by atoms with Gasteiger partial charge in [-0.1, -0.05) is 115 Å². The third kappa shape index (κ3) is 3.55. The fourth-order valence-electron chi connectivity index (χ4n) is 4.15. The molecule has 0 amide bonds. The van der Waals surface area contributed by atoms with Crippen LogP contribution >= 0.6 is 0 Å². The Kier molecular flexibility index (Phi) is 5.44. The first-order valence-electron chi connectivity index (χ1n) is 10.5. The van der Waals surface area contributed by atoms with Gasteiger partial charge in [-0.3, -0.25) is 14.1 Å². The Labute approximate surface area is 188 Å². The van der Waals surface area contributed by atoms with Gasteiger partial charge in [0, 0.05) is 23.5 Å². The first-order chi connectivity index (χ1) is 15.8. The second-order valence-electron chi connectivity index (χ2n) is 7.56. The molecule has 154 valence electrons. The maximum atomic E-state index is 17.6. The van der Waals surface area contributed by atoms with Crippen molar-refractivity contribution >= 4 is 24.0 Å². The average molecular weight is 433 g/mol. The zero-order valence-electron chi connectivity index (χ0n) is 17.4. The van der Waals surface area contributed by atoms with Crippen molar-refractivity contribution in [3.05, 3.63) is 128 Å². The molecule has 5 aromatic rings. The highest BCUT2D eigenvalue weighted by atomic mass is 28.4. The van der Waals surface area contributed by atoms with Gasteiger partial charge in [-0.25, -0.2) is 0 Å². The molecule has 0 aliphatic rings. The van der Waals surface area contributed by atoms with Crippen molar-refractivity contribution in [2.75, 3.05) is 0 Å². The lowest BCUT2D eigenvalue weighted by Gasteiger charge is -2.26. The van der Waals surface area contributed by atoms with Crippen molar-refractivity contribution in [3.8, 4) is 22.5 Å². The van der Waals surface area contributed by atoms with E-state index in [9.17, 15) is 0 Å². The molecule has 0 fully saturated rings. The lowest BCUT2D eigenvalue weighted by atomic mass is 10.0. The SMILES string of the molecule is F[Si](c1ccccc1)(c1ccccc1)c1ccccc1-c1nccnc1-c1ccccc1. The molecule has 1 aromatic heterocycles. The molecule has 0 saturated carbocycles. The van der Waals surface area contributed by atoms with Gasteiger partial charge in [0.1, 0.15) is 0 Å². The quantitative estimate of drug-likeness (QED) is 0.228. The Balaban J connectivity index is 1.79. The minimum atomic E-state index is -3.80. The Morgan fingerprint density at radius 3 is 1.56 bits per heavy atom. The summed E-state index contributed by atoms with van der Waals surface area (Å²) in [6.45, 7) is 0. The van der Waals surface area contributed by atoms with Gasteiger partial charge in [0.25, 0.3) is 0 Å². The summed E-state index contributed by atoms with van der Waals surface area (Å²) >= 11 is 0. The Morgan fingerprint density at radius 1 is 0.500 bits per heavy atom. The molecular weight excluding hydrogens is 411 g/mol. The average Bonchev–Trinajstić information content (AvgIpc) is 2.90. The minimum Gasteiger partial charge on any atom is -0.296 e. The lowest BCUT2D eigenvalue weighted by Crippen LogP contribution is -2.64. The number of hydrogen-bond donors (Lipinski definition) is 0. The van der Waals surface area contributed by atoms with Crippen LogP contribution < -0.4 is 15.6 Å². The van der Waals surface area contributed by atoms with Gasteiger partial charge in [-0.05, 0) is 15.6 Å². The maximum absolute atomic E-state index is 17.6. The smallest absolute Gasteiger partial charge is 0.296 e. The summed E-state index contributed by atoms with van der Waals surface area (Å²) in [5.74, 6) is 0. The number of aromatic nitrogens is 2. The van der Waals surface area contributed by atoms with Crippen molar-refractivity contribution in [3.63, 3.8) is 0 Å². The fraction of sp³-hybridized carbons (Fsp3) is 0. The summed E-state index contributed by atoms with van der Waals surface area (Å²) in [7, 11) is -3.80. The normalized spacial score (nSPS) is 11.3. The maximum Gasteiger partial charge on any atom is 0.340 e. The molecule has 0 bridgehead atoms. The van der Waals surface area contributed by atoms with Crippen LogP contribution in [-0.4, -0.2) is 18.4 Å². The van der Waals surface area contributed by atoms with E-state index in [4.69, 9.17) is 0 Å². The second-order valence-corrected chi connectivity index (χ2v) is 10.6. The molecule has 0 radical (unpaired) electrons. The van der Waals surface area contributed by atoms with Gasteiger partial charge in [0.2, 0.25) is 0 Å². The van der Waals surface area contributed by atoms with Gasteiger partial charge in [-0.2, -0.15) is 0 Å². The van der Waals surface area contributed by atoms with Crippen LogP contribution in [0.15, 0.2) is 128 Å². The van der Waals surface area contributed by atoms with Crippen LogP contribution in [0.2, 0.25) is 0 Å². The van der Waals surface area contributed by atoms with E-state index >= 15 is 4.11 Å². The van der Waals surface area contributed by atoms with E-state index in [2.05, 4.69) is 9.97 Å². The molecular formula is C28H21FN2Si. The molecule has 0 saturated heterocycles. The first kappa shape index (κ1) is 20.0. The zero-order valence-corrected chi connectivity index (χ0v) is 18.4. The molecule has 4 aromatic carbocycles. The largest absolute Gasteiger partial charge is 0.340 e. The third-order valence-electron chi connectivity index (χ3n) is 5.64. The molecule has 1 heterocycles. The number of nitrogens with zero attached hydrogens (tertiary/aromatic N) is 2. The Morgan fingerprint density at radius 2 is 0.969 bits per heavy atom. The second kappa shape index (κ2) is 8.69. The fourth-order valence-corrected chi connectivity index (χ4v) is 7.30. The summed E-state index contributed by atoms with van der Waals surface area (Å²) in [4.78, 5) is 9.30. The highest BCUT2D eigenvalue weighted by molar-refractivity contribution is 7.07.